The normalized spacial score (nSPS) is 21.7. The third-order valence-corrected chi connectivity index (χ3v) is 5.19. The first-order valence-corrected chi connectivity index (χ1v) is 9.10. The van der Waals surface area contributed by atoms with Crippen molar-refractivity contribution in [2.24, 2.45) is 5.92 Å². The fourth-order valence-corrected chi connectivity index (χ4v) is 3.71. The first kappa shape index (κ1) is 18.0. The van der Waals surface area contributed by atoms with Gasteiger partial charge in [-0.05, 0) is 93.4 Å². The molecule has 128 valence electrons. The Balaban J connectivity index is 1.76. The summed E-state index contributed by atoms with van der Waals surface area (Å²) in [4.78, 5) is 0. The molecule has 0 radical (unpaired) electrons. The minimum absolute atomic E-state index is 0.196. The van der Waals surface area contributed by atoms with Gasteiger partial charge >= 0.3 is 0 Å². The molecule has 0 atom stereocenters. The van der Waals surface area contributed by atoms with Crippen LogP contribution < -0.4 is 4.74 Å². The number of rotatable bonds is 8. The zero-order valence-corrected chi connectivity index (χ0v) is 14.7. The summed E-state index contributed by atoms with van der Waals surface area (Å²) in [5.41, 5.74) is 2.87. The number of hydrogen-bond acceptors (Lipinski definition) is 1. The standard InChI is InChI=1S/C21H31FO/c1-17-9-14-20(23-2)16-21(17)19-12-10-18(11-13-19)8-6-4-3-5-7-15-22/h3-4,9,14,16,18-19H,5-8,10-13,15H2,1-2H3. The summed E-state index contributed by atoms with van der Waals surface area (Å²) >= 11 is 0. The third-order valence-electron chi connectivity index (χ3n) is 5.19. The van der Waals surface area contributed by atoms with E-state index in [-0.39, 0.29) is 6.67 Å². The van der Waals surface area contributed by atoms with Crippen molar-refractivity contribution in [3.8, 4) is 5.75 Å². The van der Waals surface area contributed by atoms with Crippen molar-refractivity contribution in [3.05, 3.63) is 41.5 Å². The van der Waals surface area contributed by atoms with Gasteiger partial charge < -0.3 is 4.74 Å². The summed E-state index contributed by atoms with van der Waals surface area (Å²) in [6.45, 7) is 2.02. The average molecular weight is 318 g/mol. The first-order chi connectivity index (χ1) is 11.2. The van der Waals surface area contributed by atoms with Crippen molar-refractivity contribution in [2.45, 2.75) is 64.2 Å². The van der Waals surface area contributed by atoms with Crippen molar-refractivity contribution >= 4 is 0 Å². The predicted octanol–water partition coefficient (Wildman–Crippen LogP) is 6.36. The maximum absolute atomic E-state index is 12.0. The minimum atomic E-state index is -0.196. The van der Waals surface area contributed by atoms with Gasteiger partial charge in [0.2, 0.25) is 0 Å². The molecule has 1 fully saturated rings. The number of alkyl halides is 1. The Labute approximate surface area is 140 Å². The molecule has 1 saturated carbocycles. The van der Waals surface area contributed by atoms with E-state index in [0.717, 1.165) is 24.5 Å². The van der Waals surface area contributed by atoms with Gasteiger partial charge in [0, 0.05) is 0 Å². The molecule has 0 bridgehead atoms. The Bertz CT molecular complexity index is 487. The highest BCUT2D eigenvalue weighted by molar-refractivity contribution is 5.37. The van der Waals surface area contributed by atoms with Crippen molar-refractivity contribution in [2.75, 3.05) is 13.8 Å². The number of methoxy groups -OCH3 is 1. The molecule has 0 saturated heterocycles. The van der Waals surface area contributed by atoms with Crippen LogP contribution in [-0.4, -0.2) is 13.8 Å². The lowest BCUT2D eigenvalue weighted by Gasteiger charge is -2.29. The molecule has 0 spiro atoms. The lowest BCUT2D eigenvalue weighted by atomic mass is 9.76. The maximum atomic E-state index is 12.0. The van der Waals surface area contributed by atoms with Crippen LogP contribution in [-0.2, 0) is 0 Å². The molecule has 1 aromatic rings. The molecule has 0 heterocycles. The monoisotopic (exact) mass is 318 g/mol. The van der Waals surface area contributed by atoms with Crippen molar-refractivity contribution < 1.29 is 9.13 Å². The lowest BCUT2D eigenvalue weighted by molar-refractivity contribution is 0.310. The van der Waals surface area contributed by atoms with E-state index in [1.165, 1.54) is 43.2 Å². The molecule has 0 amide bonds. The van der Waals surface area contributed by atoms with Gasteiger partial charge in [-0.2, -0.15) is 0 Å². The van der Waals surface area contributed by atoms with Gasteiger partial charge in [-0.25, -0.2) is 0 Å². The summed E-state index contributed by atoms with van der Waals surface area (Å²) in [5.74, 6) is 2.54. The lowest BCUT2D eigenvalue weighted by Crippen LogP contribution is -2.14. The smallest absolute Gasteiger partial charge is 0.119 e. The fourth-order valence-electron chi connectivity index (χ4n) is 3.71. The molecule has 1 aromatic carbocycles. The summed E-state index contributed by atoms with van der Waals surface area (Å²) in [6.07, 6.45) is 13.6. The molecule has 0 aliphatic heterocycles. The SMILES string of the molecule is COc1ccc(C)c(C2CCC(CCC=CCCCF)CC2)c1. The number of allylic oxidation sites excluding steroid dienone is 2. The first-order valence-electron chi connectivity index (χ1n) is 9.10. The van der Waals surface area contributed by atoms with Crippen LogP contribution in [0.1, 0.15) is 68.4 Å². The molecule has 2 rings (SSSR count). The van der Waals surface area contributed by atoms with E-state index in [0.29, 0.717) is 12.3 Å². The molecule has 1 nitrogen and oxygen atoms in total. The fraction of sp³-hybridized carbons (Fsp3) is 0.619. The van der Waals surface area contributed by atoms with Crippen molar-refractivity contribution in [1.82, 2.24) is 0 Å². The Kier molecular flexibility index (Phi) is 7.64. The van der Waals surface area contributed by atoms with E-state index in [2.05, 4.69) is 37.3 Å². The second-order valence-corrected chi connectivity index (χ2v) is 6.82. The van der Waals surface area contributed by atoms with Crippen molar-refractivity contribution in [1.29, 1.82) is 0 Å². The summed E-state index contributed by atoms with van der Waals surface area (Å²) in [7, 11) is 1.74. The molecule has 0 aromatic heterocycles. The Morgan fingerprint density at radius 3 is 2.57 bits per heavy atom. The van der Waals surface area contributed by atoms with Crippen LogP contribution in [0.2, 0.25) is 0 Å². The van der Waals surface area contributed by atoms with E-state index in [1.807, 2.05) is 0 Å². The number of ether oxygens (including phenoxy) is 1. The van der Waals surface area contributed by atoms with E-state index in [4.69, 9.17) is 4.74 Å². The summed E-state index contributed by atoms with van der Waals surface area (Å²) in [5, 5.41) is 0. The zero-order valence-electron chi connectivity index (χ0n) is 14.7. The molecule has 1 aliphatic rings. The highest BCUT2D eigenvalue weighted by Crippen LogP contribution is 2.39. The number of unbranched alkanes of at least 4 members (excludes halogenated alkanes) is 1. The number of halogens is 1. The number of aryl methyl sites for hydroxylation is 1. The Morgan fingerprint density at radius 2 is 1.87 bits per heavy atom. The second-order valence-electron chi connectivity index (χ2n) is 6.82. The highest BCUT2D eigenvalue weighted by Gasteiger charge is 2.23. The number of benzene rings is 1. The van der Waals surface area contributed by atoms with Crippen LogP contribution in [0.25, 0.3) is 0 Å². The molecule has 2 heteroatoms. The maximum Gasteiger partial charge on any atom is 0.119 e. The van der Waals surface area contributed by atoms with Crippen LogP contribution in [0.15, 0.2) is 30.4 Å². The van der Waals surface area contributed by atoms with Crippen LogP contribution >= 0.6 is 0 Å². The van der Waals surface area contributed by atoms with Gasteiger partial charge in [-0.3, -0.25) is 4.39 Å². The Hall–Kier alpha value is -1.31. The van der Waals surface area contributed by atoms with Crippen LogP contribution in [0.5, 0.6) is 5.75 Å². The van der Waals surface area contributed by atoms with Gasteiger partial charge in [0.05, 0.1) is 13.8 Å². The highest BCUT2D eigenvalue weighted by atomic mass is 19.1. The van der Waals surface area contributed by atoms with E-state index in [1.54, 1.807) is 7.11 Å². The van der Waals surface area contributed by atoms with Crippen molar-refractivity contribution in [3.63, 3.8) is 0 Å². The third kappa shape index (κ3) is 5.67. The van der Waals surface area contributed by atoms with E-state index < -0.39 is 0 Å². The van der Waals surface area contributed by atoms with Gasteiger partial charge in [-0.1, -0.05) is 18.2 Å². The number of hydrogen-bond donors (Lipinski definition) is 0. The van der Waals surface area contributed by atoms with Crippen LogP contribution in [0.3, 0.4) is 0 Å². The predicted molar refractivity (Wildman–Crippen MR) is 96.0 cm³/mol. The molecular formula is C21H31FO. The largest absolute Gasteiger partial charge is 0.497 e. The molecular weight excluding hydrogens is 287 g/mol. The second kappa shape index (κ2) is 9.75. The molecule has 0 N–H and O–H groups in total. The van der Waals surface area contributed by atoms with E-state index >= 15 is 0 Å². The van der Waals surface area contributed by atoms with Gasteiger partial charge in [-0.15, -0.1) is 0 Å². The van der Waals surface area contributed by atoms with Gasteiger partial charge in [0.15, 0.2) is 0 Å². The average Bonchev–Trinajstić information content (AvgIpc) is 2.59. The van der Waals surface area contributed by atoms with Crippen LogP contribution in [0.4, 0.5) is 4.39 Å². The molecule has 0 unspecified atom stereocenters. The van der Waals surface area contributed by atoms with Crippen LogP contribution in [0, 0.1) is 12.8 Å². The summed E-state index contributed by atoms with van der Waals surface area (Å²) in [6, 6.07) is 6.47. The quantitative estimate of drug-likeness (QED) is 0.400. The van der Waals surface area contributed by atoms with Gasteiger partial charge in [0.25, 0.3) is 0 Å². The Morgan fingerprint density at radius 1 is 1.13 bits per heavy atom. The zero-order chi connectivity index (χ0) is 16.5. The van der Waals surface area contributed by atoms with E-state index in [9.17, 15) is 4.39 Å². The molecule has 23 heavy (non-hydrogen) atoms. The molecule has 1 aliphatic carbocycles. The topological polar surface area (TPSA) is 9.23 Å². The summed E-state index contributed by atoms with van der Waals surface area (Å²) < 4.78 is 17.4. The van der Waals surface area contributed by atoms with Gasteiger partial charge in [0.1, 0.15) is 5.75 Å². The minimum Gasteiger partial charge on any atom is -0.497 e.